The van der Waals surface area contributed by atoms with E-state index in [9.17, 15) is 0 Å². The van der Waals surface area contributed by atoms with Gasteiger partial charge in [-0.2, -0.15) is 0 Å². The van der Waals surface area contributed by atoms with E-state index in [1.54, 1.807) is 0 Å². The van der Waals surface area contributed by atoms with Crippen molar-refractivity contribution in [3.63, 3.8) is 0 Å². The zero-order chi connectivity index (χ0) is 6.41. The van der Waals surface area contributed by atoms with Crippen LogP contribution in [-0.2, 0) is 0 Å². The molecule has 0 amide bonds. The minimum atomic E-state index is 0.454. The summed E-state index contributed by atoms with van der Waals surface area (Å²) in [5.41, 5.74) is 5.66. The van der Waals surface area contributed by atoms with Crippen LogP contribution in [0.5, 0.6) is 0 Å². The fourth-order valence-corrected chi connectivity index (χ4v) is 0.670. The van der Waals surface area contributed by atoms with E-state index in [0.29, 0.717) is 6.04 Å². The smallest absolute Gasteiger partial charge is 0.00362 e. The fraction of sp³-hybridized carbons (Fsp3) is 1.00. The molecule has 0 aliphatic heterocycles. The average molecular weight is 115 g/mol. The monoisotopic (exact) mass is 115 g/mol. The van der Waals surface area contributed by atoms with E-state index in [0.717, 1.165) is 6.42 Å². The Morgan fingerprint density at radius 3 is 2.38 bits per heavy atom. The van der Waals surface area contributed by atoms with Gasteiger partial charge in [0.25, 0.3) is 0 Å². The van der Waals surface area contributed by atoms with Crippen molar-refractivity contribution in [3.8, 4) is 0 Å². The van der Waals surface area contributed by atoms with Gasteiger partial charge in [0.1, 0.15) is 0 Å². The van der Waals surface area contributed by atoms with Crippen molar-refractivity contribution in [3.05, 3.63) is 0 Å². The maximum absolute atomic E-state index is 5.66. The minimum Gasteiger partial charge on any atom is -0.328 e. The molecule has 0 saturated carbocycles. The molecule has 0 rings (SSSR count). The summed E-state index contributed by atoms with van der Waals surface area (Å²) in [7, 11) is 0. The maximum Gasteiger partial charge on any atom is 0.00362 e. The van der Waals surface area contributed by atoms with E-state index in [1.807, 2.05) is 0 Å². The van der Waals surface area contributed by atoms with E-state index in [1.165, 1.54) is 19.3 Å². The Bertz CT molecular complexity index is 43.7. The number of nitrogens with two attached hydrogens (primary N) is 1. The Balaban J connectivity index is 2.86. The largest absolute Gasteiger partial charge is 0.328 e. The molecule has 0 aliphatic carbocycles. The van der Waals surface area contributed by atoms with E-state index in [-0.39, 0.29) is 0 Å². The average Bonchev–Trinajstić information content (AvgIpc) is 1.83. The Morgan fingerprint density at radius 2 is 2.00 bits per heavy atom. The lowest BCUT2D eigenvalue weighted by Gasteiger charge is -2.04. The highest BCUT2D eigenvalue weighted by Crippen LogP contribution is 1.99. The summed E-state index contributed by atoms with van der Waals surface area (Å²) in [5, 5.41) is 0. The summed E-state index contributed by atoms with van der Waals surface area (Å²) < 4.78 is 0. The minimum absolute atomic E-state index is 0.454. The Kier molecular flexibility index (Phi) is 5.08. The molecule has 1 nitrogen and oxygen atoms in total. The van der Waals surface area contributed by atoms with E-state index >= 15 is 0 Å². The number of hydrogen-bond acceptors (Lipinski definition) is 1. The second-order valence-electron chi connectivity index (χ2n) is 2.31. The van der Waals surface area contributed by atoms with Gasteiger partial charge in [0.05, 0.1) is 0 Å². The van der Waals surface area contributed by atoms with Crippen molar-refractivity contribution >= 4 is 0 Å². The van der Waals surface area contributed by atoms with Crippen LogP contribution in [-0.4, -0.2) is 6.04 Å². The lowest BCUT2D eigenvalue weighted by Crippen LogP contribution is -2.17. The number of unbranched alkanes of at least 4 members (excludes halogenated alkanes) is 1. The molecular formula is C7H17N. The SMILES string of the molecule is CCCC[C@H](N)CC. The first kappa shape index (κ1) is 7.96. The van der Waals surface area contributed by atoms with E-state index in [4.69, 9.17) is 5.73 Å². The van der Waals surface area contributed by atoms with Crippen LogP contribution < -0.4 is 5.73 Å². The van der Waals surface area contributed by atoms with E-state index in [2.05, 4.69) is 13.8 Å². The van der Waals surface area contributed by atoms with Gasteiger partial charge in [0.15, 0.2) is 0 Å². The van der Waals surface area contributed by atoms with Crippen LogP contribution in [0.2, 0.25) is 0 Å². The van der Waals surface area contributed by atoms with Crippen LogP contribution in [0, 0.1) is 0 Å². The van der Waals surface area contributed by atoms with Crippen LogP contribution >= 0.6 is 0 Å². The van der Waals surface area contributed by atoms with Crippen molar-refractivity contribution in [1.82, 2.24) is 0 Å². The van der Waals surface area contributed by atoms with Crippen molar-refractivity contribution < 1.29 is 0 Å². The quantitative estimate of drug-likeness (QED) is 0.595. The molecule has 0 radical (unpaired) electrons. The molecule has 0 fully saturated rings. The van der Waals surface area contributed by atoms with Gasteiger partial charge in [-0.25, -0.2) is 0 Å². The standard InChI is InChI=1S/C7H17N/c1-3-5-6-7(8)4-2/h7H,3-6,8H2,1-2H3/t7-/m1/s1. The number of rotatable bonds is 4. The lowest BCUT2D eigenvalue weighted by molar-refractivity contribution is 0.562. The first-order chi connectivity index (χ1) is 3.81. The molecule has 2 N–H and O–H groups in total. The van der Waals surface area contributed by atoms with Gasteiger partial charge >= 0.3 is 0 Å². The molecule has 0 aromatic carbocycles. The van der Waals surface area contributed by atoms with Crippen LogP contribution in [0.1, 0.15) is 39.5 Å². The van der Waals surface area contributed by atoms with Crippen LogP contribution in [0.4, 0.5) is 0 Å². The molecule has 0 heterocycles. The number of hydrogen-bond donors (Lipinski definition) is 1. The van der Waals surface area contributed by atoms with Gasteiger partial charge in [-0.3, -0.25) is 0 Å². The third-order valence-corrected chi connectivity index (χ3v) is 1.45. The predicted octanol–water partition coefficient (Wildman–Crippen LogP) is 1.91. The molecule has 0 aromatic heterocycles. The van der Waals surface area contributed by atoms with Crippen LogP contribution in [0.25, 0.3) is 0 Å². The summed E-state index contributed by atoms with van der Waals surface area (Å²) in [6.07, 6.45) is 4.88. The van der Waals surface area contributed by atoms with Gasteiger partial charge in [-0.05, 0) is 12.8 Å². The highest BCUT2D eigenvalue weighted by molar-refractivity contribution is 4.56. The van der Waals surface area contributed by atoms with Gasteiger partial charge in [0, 0.05) is 6.04 Å². The van der Waals surface area contributed by atoms with Gasteiger partial charge in [-0.1, -0.05) is 26.7 Å². The van der Waals surface area contributed by atoms with E-state index < -0.39 is 0 Å². The van der Waals surface area contributed by atoms with Crippen molar-refractivity contribution in [1.29, 1.82) is 0 Å². The molecule has 0 aromatic rings. The Morgan fingerprint density at radius 1 is 1.38 bits per heavy atom. The normalized spacial score (nSPS) is 13.9. The Hall–Kier alpha value is -0.0400. The second kappa shape index (κ2) is 5.10. The lowest BCUT2D eigenvalue weighted by atomic mass is 10.1. The highest BCUT2D eigenvalue weighted by atomic mass is 14.6. The molecule has 0 unspecified atom stereocenters. The van der Waals surface area contributed by atoms with Gasteiger partial charge < -0.3 is 5.73 Å². The molecular weight excluding hydrogens is 98.1 g/mol. The second-order valence-corrected chi connectivity index (χ2v) is 2.31. The summed E-state index contributed by atoms with van der Waals surface area (Å²) >= 11 is 0. The third-order valence-electron chi connectivity index (χ3n) is 1.45. The highest BCUT2D eigenvalue weighted by Gasteiger charge is 1.94. The van der Waals surface area contributed by atoms with Gasteiger partial charge in [0.2, 0.25) is 0 Å². The van der Waals surface area contributed by atoms with Crippen molar-refractivity contribution in [2.45, 2.75) is 45.6 Å². The molecule has 0 saturated heterocycles. The molecule has 0 spiro atoms. The first-order valence-electron chi connectivity index (χ1n) is 3.56. The summed E-state index contributed by atoms with van der Waals surface area (Å²) in [6, 6.07) is 0.454. The predicted molar refractivity (Wildman–Crippen MR) is 37.8 cm³/mol. The zero-order valence-corrected chi connectivity index (χ0v) is 5.98. The third kappa shape index (κ3) is 4.13. The summed E-state index contributed by atoms with van der Waals surface area (Å²) in [5.74, 6) is 0. The summed E-state index contributed by atoms with van der Waals surface area (Å²) in [4.78, 5) is 0. The molecule has 8 heavy (non-hydrogen) atoms. The Labute approximate surface area is 52.3 Å². The van der Waals surface area contributed by atoms with Crippen molar-refractivity contribution in [2.75, 3.05) is 0 Å². The van der Waals surface area contributed by atoms with Crippen molar-refractivity contribution in [2.24, 2.45) is 5.73 Å². The zero-order valence-electron chi connectivity index (χ0n) is 5.98. The molecule has 1 atom stereocenters. The molecule has 0 bridgehead atoms. The molecule has 1 heteroatoms. The first-order valence-corrected chi connectivity index (χ1v) is 3.56. The molecule has 0 aliphatic rings. The van der Waals surface area contributed by atoms with Gasteiger partial charge in [-0.15, -0.1) is 0 Å². The van der Waals surface area contributed by atoms with Crippen LogP contribution in [0.15, 0.2) is 0 Å². The topological polar surface area (TPSA) is 26.0 Å². The summed E-state index contributed by atoms with van der Waals surface area (Å²) in [6.45, 7) is 4.34. The fourth-order valence-electron chi connectivity index (χ4n) is 0.670. The maximum atomic E-state index is 5.66. The molecule has 50 valence electrons. The van der Waals surface area contributed by atoms with Crippen LogP contribution in [0.3, 0.4) is 0 Å².